The highest BCUT2D eigenvalue weighted by Gasteiger charge is 2.42. The van der Waals surface area contributed by atoms with Gasteiger partial charge in [0.05, 0.1) is 5.02 Å². The normalized spacial score (nSPS) is 20.3. The van der Waals surface area contributed by atoms with E-state index in [4.69, 9.17) is 21.7 Å². The van der Waals surface area contributed by atoms with Crippen molar-refractivity contribution in [2.24, 2.45) is 5.41 Å². The van der Waals surface area contributed by atoms with Gasteiger partial charge in [0.1, 0.15) is 6.04 Å². The lowest BCUT2D eigenvalue weighted by molar-refractivity contribution is -0.118. The summed E-state index contributed by atoms with van der Waals surface area (Å²) in [5.41, 5.74) is 3.65. The topological polar surface area (TPSA) is 59.8 Å². The number of aryl methyl sites for hydroxylation is 1. The SMILES string of the molecule is Cc1ccsc1C1C2=C(CC(C)(C)CC2=O)Nc2nc(-c3ccccc3Cl)nn21. The van der Waals surface area contributed by atoms with Crippen molar-refractivity contribution in [1.29, 1.82) is 0 Å². The smallest absolute Gasteiger partial charge is 0.226 e. The van der Waals surface area contributed by atoms with Crippen molar-refractivity contribution in [2.45, 2.75) is 39.7 Å². The van der Waals surface area contributed by atoms with Crippen LogP contribution in [-0.4, -0.2) is 20.5 Å². The van der Waals surface area contributed by atoms with Gasteiger partial charge in [-0.2, -0.15) is 4.98 Å². The summed E-state index contributed by atoms with van der Waals surface area (Å²) in [7, 11) is 0. The van der Waals surface area contributed by atoms with E-state index in [0.717, 1.165) is 33.7 Å². The molecule has 1 aliphatic carbocycles. The van der Waals surface area contributed by atoms with Crippen LogP contribution in [0.3, 0.4) is 0 Å². The van der Waals surface area contributed by atoms with E-state index in [9.17, 15) is 4.79 Å². The molecule has 5 nitrogen and oxygen atoms in total. The van der Waals surface area contributed by atoms with Crippen molar-refractivity contribution < 1.29 is 4.79 Å². The van der Waals surface area contributed by atoms with E-state index in [1.54, 1.807) is 11.3 Å². The Morgan fingerprint density at radius 2 is 2.03 bits per heavy atom. The molecule has 0 spiro atoms. The van der Waals surface area contributed by atoms with Crippen molar-refractivity contribution >= 4 is 34.7 Å². The quantitative estimate of drug-likeness (QED) is 0.579. The molecule has 0 saturated heterocycles. The molecule has 0 radical (unpaired) electrons. The number of hydrogen-bond acceptors (Lipinski definition) is 5. The third kappa shape index (κ3) is 3.02. The zero-order valence-electron chi connectivity index (χ0n) is 16.5. The average molecular weight is 425 g/mol. The Morgan fingerprint density at radius 1 is 1.24 bits per heavy atom. The Balaban J connectivity index is 1.71. The predicted octanol–water partition coefficient (Wildman–Crippen LogP) is 5.63. The molecular formula is C22H21ClN4OS. The fraction of sp³-hybridized carbons (Fsp3) is 0.318. The summed E-state index contributed by atoms with van der Waals surface area (Å²) in [5, 5.41) is 10.9. The highest BCUT2D eigenvalue weighted by atomic mass is 35.5. The van der Waals surface area contributed by atoms with E-state index in [-0.39, 0.29) is 17.2 Å². The number of hydrogen-bond donors (Lipinski definition) is 1. The highest BCUT2D eigenvalue weighted by molar-refractivity contribution is 7.10. The Bertz CT molecular complexity index is 1170. The predicted molar refractivity (Wildman–Crippen MR) is 116 cm³/mol. The number of thiophene rings is 1. The molecule has 29 heavy (non-hydrogen) atoms. The van der Waals surface area contributed by atoms with Crippen LogP contribution in [0, 0.1) is 12.3 Å². The van der Waals surface area contributed by atoms with Gasteiger partial charge in [-0.05, 0) is 47.9 Å². The van der Waals surface area contributed by atoms with Crippen molar-refractivity contribution in [2.75, 3.05) is 5.32 Å². The third-order valence-corrected chi connectivity index (χ3v) is 7.00. The lowest BCUT2D eigenvalue weighted by atomic mass is 9.73. The molecular weight excluding hydrogens is 404 g/mol. The van der Waals surface area contributed by atoms with Gasteiger partial charge in [0.25, 0.3) is 0 Å². The van der Waals surface area contributed by atoms with Gasteiger partial charge in [-0.1, -0.05) is 37.6 Å². The first-order valence-corrected chi connectivity index (χ1v) is 10.9. The molecule has 3 aromatic rings. The van der Waals surface area contributed by atoms with E-state index in [1.165, 1.54) is 0 Å². The molecule has 5 rings (SSSR count). The summed E-state index contributed by atoms with van der Waals surface area (Å²) in [4.78, 5) is 19.1. The van der Waals surface area contributed by atoms with E-state index in [2.05, 4.69) is 37.5 Å². The first-order valence-electron chi connectivity index (χ1n) is 9.63. The lowest BCUT2D eigenvalue weighted by Crippen LogP contribution is -2.36. The van der Waals surface area contributed by atoms with E-state index in [0.29, 0.717) is 23.2 Å². The van der Waals surface area contributed by atoms with Crippen molar-refractivity contribution in [3.05, 3.63) is 62.4 Å². The van der Waals surface area contributed by atoms with E-state index >= 15 is 0 Å². The molecule has 0 saturated carbocycles. The number of aromatic nitrogens is 3. The maximum Gasteiger partial charge on any atom is 0.226 e. The Hall–Kier alpha value is -2.44. The molecule has 2 aromatic heterocycles. The van der Waals surface area contributed by atoms with Crippen LogP contribution < -0.4 is 5.32 Å². The number of carbonyl (C=O) groups excluding carboxylic acids is 1. The molecule has 7 heteroatoms. The van der Waals surface area contributed by atoms with Crippen LogP contribution in [0.2, 0.25) is 5.02 Å². The highest BCUT2D eigenvalue weighted by Crippen LogP contribution is 2.47. The number of halogens is 1. The molecule has 1 unspecified atom stereocenters. The zero-order valence-corrected chi connectivity index (χ0v) is 18.1. The number of carbonyl (C=O) groups is 1. The molecule has 0 amide bonds. The number of fused-ring (bicyclic) bond motifs is 1. The van der Waals surface area contributed by atoms with Crippen molar-refractivity contribution in [1.82, 2.24) is 14.8 Å². The number of benzene rings is 1. The minimum atomic E-state index is -0.256. The second-order valence-corrected chi connectivity index (χ2v) is 9.87. The number of ketones is 1. The second kappa shape index (κ2) is 6.54. The van der Waals surface area contributed by atoms with Crippen LogP contribution in [0.4, 0.5) is 5.95 Å². The number of allylic oxidation sites excluding steroid dienone is 2. The molecule has 1 aliphatic heterocycles. The number of Topliss-reactive ketones (excluding diaryl/α,β-unsaturated/α-hetero) is 1. The Morgan fingerprint density at radius 3 is 2.76 bits per heavy atom. The monoisotopic (exact) mass is 424 g/mol. The fourth-order valence-corrected chi connectivity index (χ4v) is 5.51. The molecule has 1 atom stereocenters. The van der Waals surface area contributed by atoms with Gasteiger partial charge in [-0.3, -0.25) is 4.79 Å². The van der Waals surface area contributed by atoms with Gasteiger partial charge >= 0.3 is 0 Å². The lowest BCUT2D eigenvalue weighted by Gasteiger charge is -2.38. The summed E-state index contributed by atoms with van der Waals surface area (Å²) in [6.07, 6.45) is 1.35. The van der Waals surface area contributed by atoms with E-state index < -0.39 is 0 Å². The summed E-state index contributed by atoms with van der Waals surface area (Å²) in [5.74, 6) is 1.40. The molecule has 3 heterocycles. The number of nitrogens with one attached hydrogen (secondary N) is 1. The van der Waals surface area contributed by atoms with Crippen LogP contribution >= 0.6 is 22.9 Å². The van der Waals surface area contributed by atoms with Gasteiger partial charge < -0.3 is 5.32 Å². The van der Waals surface area contributed by atoms with Crippen LogP contribution in [0.15, 0.2) is 47.0 Å². The van der Waals surface area contributed by atoms with Crippen LogP contribution in [0.5, 0.6) is 0 Å². The minimum Gasteiger partial charge on any atom is -0.328 e. The number of anilines is 1. The largest absolute Gasteiger partial charge is 0.328 e. The molecule has 148 valence electrons. The standard InChI is InChI=1S/C22H21ClN4OS/c1-12-8-9-29-19(12)18-17-15(10-22(2,3)11-16(17)28)24-21-25-20(26-27(18)21)13-6-4-5-7-14(13)23/h4-9,18H,10-11H2,1-3H3,(H,24,25,26). The van der Waals surface area contributed by atoms with Crippen LogP contribution in [0.25, 0.3) is 11.4 Å². The molecule has 2 aliphatic rings. The minimum absolute atomic E-state index is 0.0777. The average Bonchev–Trinajstić information content (AvgIpc) is 3.25. The van der Waals surface area contributed by atoms with Gasteiger partial charge in [-0.15, -0.1) is 16.4 Å². The fourth-order valence-electron chi connectivity index (χ4n) is 4.27. The van der Waals surface area contributed by atoms with Gasteiger partial charge in [0.2, 0.25) is 5.95 Å². The molecule has 1 N–H and O–H groups in total. The van der Waals surface area contributed by atoms with E-state index in [1.807, 2.05) is 28.9 Å². The number of nitrogens with zero attached hydrogens (tertiary/aromatic N) is 3. The molecule has 0 bridgehead atoms. The van der Waals surface area contributed by atoms with Crippen molar-refractivity contribution in [3.63, 3.8) is 0 Å². The van der Waals surface area contributed by atoms with Crippen molar-refractivity contribution in [3.8, 4) is 11.4 Å². The summed E-state index contributed by atoms with van der Waals surface area (Å²) < 4.78 is 1.85. The number of rotatable bonds is 2. The van der Waals surface area contributed by atoms with Gasteiger partial charge in [0, 0.05) is 28.1 Å². The van der Waals surface area contributed by atoms with Gasteiger partial charge in [0.15, 0.2) is 11.6 Å². The zero-order chi connectivity index (χ0) is 20.3. The maximum atomic E-state index is 13.2. The molecule has 1 aromatic carbocycles. The third-order valence-electron chi connectivity index (χ3n) is 5.60. The maximum absolute atomic E-state index is 13.2. The first-order chi connectivity index (χ1) is 13.8. The van der Waals surface area contributed by atoms with Crippen LogP contribution in [0.1, 0.15) is 43.2 Å². The summed E-state index contributed by atoms with van der Waals surface area (Å²) >= 11 is 8.05. The summed E-state index contributed by atoms with van der Waals surface area (Å²) in [6, 6.07) is 9.39. The molecule has 0 fully saturated rings. The Kier molecular flexibility index (Phi) is 4.19. The summed E-state index contributed by atoms with van der Waals surface area (Å²) in [6.45, 7) is 6.35. The Labute approximate surface area is 178 Å². The van der Waals surface area contributed by atoms with Gasteiger partial charge in [-0.25, -0.2) is 4.68 Å². The second-order valence-electron chi connectivity index (χ2n) is 8.51. The first kappa shape index (κ1) is 18.6. The van der Waals surface area contributed by atoms with Crippen LogP contribution in [-0.2, 0) is 4.79 Å².